The van der Waals surface area contributed by atoms with Crippen LogP contribution in [0.25, 0.3) is 5.69 Å². The van der Waals surface area contributed by atoms with Crippen molar-refractivity contribution >= 4 is 11.9 Å². The Morgan fingerprint density at radius 3 is 2.61 bits per heavy atom. The Hall–Kier alpha value is -3.68. The van der Waals surface area contributed by atoms with Gasteiger partial charge in [0.25, 0.3) is 0 Å². The number of carbonyl (C=O) groups is 2. The first-order chi connectivity index (χ1) is 15.9. The van der Waals surface area contributed by atoms with Crippen LogP contribution in [0.5, 0.6) is 5.75 Å². The molecule has 1 amide bonds. The van der Waals surface area contributed by atoms with Gasteiger partial charge in [0.2, 0.25) is 5.91 Å². The summed E-state index contributed by atoms with van der Waals surface area (Å²) in [6.07, 6.45) is 0.359. The molecule has 8 heteroatoms. The molecule has 1 aliphatic heterocycles. The standard InChI is InChI=1S/C25H28N4O4/c1-16-6-5-7-22(17(16)2)29-18(3)24(26-27-29)25(31)33-15-20-12-23(30)28(14-20)13-19-8-10-21(32-4)11-9-19/h5-11,20H,12-15H2,1-4H3. The van der Waals surface area contributed by atoms with Crippen LogP contribution in [0.3, 0.4) is 0 Å². The monoisotopic (exact) mass is 448 g/mol. The Morgan fingerprint density at radius 1 is 1.12 bits per heavy atom. The summed E-state index contributed by atoms with van der Waals surface area (Å²) >= 11 is 0. The first-order valence-electron chi connectivity index (χ1n) is 10.9. The van der Waals surface area contributed by atoms with Crippen LogP contribution in [0.2, 0.25) is 0 Å². The van der Waals surface area contributed by atoms with Crippen LogP contribution in [0.15, 0.2) is 42.5 Å². The number of rotatable bonds is 7. The van der Waals surface area contributed by atoms with Gasteiger partial charge in [-0.05, 0) is 55.7 Å². The van der Waals surface area contributed by atoms with Gasteiger partial charge in [0.1, 0.15) is 5.75 Å². The van der Waals surface area contributed by atoms with Gasteiger partial charge in [0.15, 0.2) is 5.69 Å². The molecule has 0 bridgehead atoms. The fourth-order valence-electron chi connectivity index (χ4n) is 4.04. The lowest BCUT2D eigenvalue weighted by molar-refractivity contribution is -0.128. The van der Waals surface area contributed by atoms with Crippen molar-refractivity contribution in [3.05, 3.63) is 70.5 Å². The number of aryl methyl sites for hydroxylation is 1. The Morgan fingerprint density at radius 2 is 1.88 bits per heavy atom. The third kappa shape index (κ3) is 4.74. The molecule has 0 radical (unpaired) electrons. The summed E-state index contributed by atoms with van der Waals surface area (Å²) in [4.78, 5) is 26.9. The summed E-state index contributed by atoms with van der Waals surface area (Å²) in [5, 5.41) is 8.23. The highest BCUT2D eigenvalue weighted by atomic mass is 16.5. The number of hydrogen-bond acceptors (Lipinski definition) is 6. The lowest BCUT2D eigenvalue weighted by Gasteiger charge is -2.17. The molecule has 33 heavy (non-hydrogen) atoms. The smallest absolute Gasteiger partial charge is 0.360 e. The summed E-state index contributed by atoms with van der Waals surface area (Å²) < 4.78 is 12.4. The first-order valence-corrected chi connectivity index (χ1v) is 10.9. The van der Waals surface area contributed by atoms with Crippen molar-refractivity contribution in [2.24, 2.45) is 5.92 Å². The predicted octanol–water partition coefficient (Wildman–Crippen LogP) is 3.41. The molecule has 8 nitrogen and oxygen atoms in total. The maximum absolute atomic E-state index is 12.7. The van der Waals surface area contributed by atoms with Gasteiger partial charge in [0.05, 0.1) is 25.1 Å². The number of nitrogens with zero attached hydrogens (tertiary/aromatic N) is 4. The van der Waals surface area contributed by atoms with E-state index in [2.05, 4.69) is 10.3 Å². The van der Waals surface area contributed by atoms with Gasteiger partial charge < -0.3 is 14.4 Å². The fourth-order valence-corrected chi connectivity index (χ4v) is 4.04. The number of benzene rings is 2. The average Bonchev–Trinajstić information content (AvgIpc) is 3.36. The molecule has 4 rings (SSSR count). The van der Waals surface area contributed by atoms with Gasteiger partial charge in [-0.1, -0.05) is 29.5 Å². The largest absolute Gasteiger partial charge is 0.497 e. The van der Waals surface area contributed by atoms with Crippen molar-refractivity contribution in [2.45, 2.75) is 33.7 Å². The third-order valence-corrected chi connectivity index (χ3v) is 6.17. The van der Waals surface area contributed by atoms with Crippen LogP contribution in [0.1, 0.15) is 39.3 Å². The Labute approximate surface area is 193 Å². The van der Waals surface area contributed by atoms with E-state index in [4.69, 9.17) is 9.47 Å². The molecule has 0 saturated carbocycles. The molecule has 1 atom stereocenters. The van der Waals surface area contributed by atoms with Crippen LogP contribution in [0.4, 0.5) is 0 Å². The number of carbonyl (C=O) groups excluding carboxylic acids is 2. The molecule has 2 heterocycles. The summed E-state index contributed by atoms with van der Waals surface area (Å²) in [6, 6.07) is 13.6. The van der Waals surface area contributed by atoms with Crippen molar-refractivity contribution in [3.63, 3.8) is 0 Å². The van der Waals surface area contributed by atoms with E-state index in [1.165, 1.54) is 0 Å². The Kier molecular flexibility index (Phi) is 6.44. The van der Waals surface area contributed by atoms with E-state index in [1.807, 2.05) is 56.3 Å². The van der Waals surface area contributed by atoms with Crippen molar-refractivity contribution in [3.8, 4) is 11.4 Å². The molecule has 0 aliphatic carbocycles. The second-order valence-electron chi connectivity index (χ2n) is 8.45. The topological polar surface area (TPSA) is 86.6 Å². The van der Waals surface area contributed by atoms with Crippen LogP contribution in [-0.2, 0) is 16.1 Å². The number of esters is 1. The zero-order chi connectivity index (χ0) is 23.5. The maximum Gasteiger partial charge on any atom is 0.360 e. The lowest BCUT2D eigenvalue weighted by Crippen LogP contribution is -2.25. The molecule has 1 saturated heterocycles. The van der Waals surface area contributed by atoms with Crippen molar-refractivity contribution in [1.29, 1.82) is 0 Å². The minimum absolute atomic E-state index is 0.0472. The molecule has 1 unspecified atom stereocenters. The van der Waals surface area contributed by atoms with E-state index in [0.717, 1.165) is 28.1 Å². The minimum atomic E-state index is -0.523. The number of methoxy groups -OCH3 is 1. The zero-order valence-electron chi connectivity index (χ0n) is 19.4. The summed E-state index contributed by atoms with van der Waals surface area (Å²) in [6.45, 7) is 7.08. The van der Waals surface area contributed by atoms with E-state index in [9.17, 15) is 9.59 Å². The number of likely N-dealkylation sites (tertiary alicyclic amines) is 1. The number of amides is 1. The molecule has 1 aliphatic rings. The fraction of sp³-hybridized carbons (Fsp3) is 0.360. The minimum Gasteiger partial charge on any atom is -0.497 e. The van der Waals surface area contributed by atoms with E-state index >= 15 is 0 Å². The number of hydrogen-bond donors (Lipinski definition) is 0. The highest BCUT2D eigenvalue weighted by molar-refractivity contribution is 5.88. The molecule has 0 N–H and O–H groups in total. The van der Waals surface area contributed by atoms with Crippen molar-refractivity contribution < 1.29 is 19.1 Å². The number of aromatic nitrogens is 3. The third-order valence-electron chi connectivity index (χ3n) is 6.17. The van der Waals surface area contributed by atoms with Crippen LogP contribution in [-0.4, -0.2) is 52.0 Å². The Bertz CT molecular complexity index is 1170. The molecule has 1 aromatic heterocycles. The first kappa shape index (κ1) is 22.5. The van der Waals surface area contributed by atoms with Gasteiger partial charge in [0, 0.05) is 25.4 Å². The SMILES string of the molecule is COc1ccc(CN2CC(COC(=O)c3nnn(-c4cccc(C)c4C)c3C)CC2=O)cc1. The molecular formula is C25H28N4O4. The van der Waals surface area contributed by atoms with Crippen molar-refractivity contribution in [2.75, 3.05) is 20.3 Å². The van der Waals surface area contributed by atoms with E-state index in [1.54, 1.807) is 23.6 Å². The van der Waals surface area contributed by atoms with Gasteiger partial charge in [-0.3, -0.25) is 4.79 Å². The van der Waals surface area contributed by atoms with Gasteiger partial charge >= 0.3 is 5.97 Å². The zero-order valence-corrected chi connectivity index (χ0v) is 19.4. The lowest BCUT2D eigenvalue weighted by atomic mass is 10.1. The number of ether oxygens (including phenoxy) is 2. The normalized spacial score (nSPS) is 15.7. The summed E-state index contributed by atoms with van der Waals surface area (Å²) in [5.41, 5.74) is 4.94. The van der Waals surface area contributed by atoms with Gasteiger partial charge in [-0.15, -0.1) is 5.10 Å². The van der Waals surface area contributed by atoms with Gasteiger partial charge in [-0.2, -0.15) is 0 Å². The summed E-state index contributed by atoms with van der Waals surface area (Å²) in [7, 11) is 1.62. The van der Waals surface area contributed by atoms with Crippen LogP contribution < -0.4 is 4.74 Å². The second-order valence-corrected chi connectivity index (χ2v) is 8.45. The van der Waals surface area contributed by atoms with Crippen LogP contribution >= 0.6 is 0 Å². The molecule has 1 fully saturated rings. The molecule has 0 spiro atoms. The van der Waals surface area contributed by atoms with E-state index in [-0.39, 0.29) is 24.1 Å². The van der Waals surface area contributed by atoms with Crippen molar-refractivity contribution in [1.82, 2.24) is 19.9 Å². The average molecular weight is 449 g/mol. The van der Waals surface area contributed by atoms with Gasteiger partial charge in [-0.25, -0.2) is 9.48 Å². The van der Waals surface area contributed by atoms with E-state index in [0.29, 0.717) is 25.2 Å². The Balaban J connectivity index is 1.36. The highest BCUT2D eigenvalue weighted by Gasteiger charge is 2.31. The quantitative estimate of drug-likeness (QED) is 0.515. The van der Waals surface area contributed by atoms with E-state index < -0.39 is 5.97 Å². The molecule has 3 aromatic rings. The van der Waals surface area contributed by atoms with Crippen LogP contribution in [0, 0.1) is 26.7 Å². The predicted molar refractivity (Wildman–Crippen MR) is 122 cm³/mol. The molecule has 2 aromatic carbocycles. The molecule has 172 valence electrons. The summed E-state index contributed by atoms with van der Waals surface area (Å²) in [5.74, 6) is 0.268. The molecular weight excluding hydrogens is 420 g/mol. The highest BCUT2D eigenvalue weighted by Crippen LogP contribution is 2.23. The second kappa shape index (κ2) is 9.44. The maximum atomic E-state index is 12.7.